The van der Waals surface area contributed by atoms with Crippen LogP contribution in [0.15, 0.2) is 40.8 Å². The summed E-state index contributed by atoms with van der Waals surface area (Å²) >= 11 is 1.47. The first-order valence-electron chi connectivity index (χ1n) is 7.63. The van der Waals surface area contributed by atoms with Crippen molar-refractivity contribution in [3.63, 3.8) is 0 Å². The minimum atomic E-state index is -0.169. The number of nitrogens with zero attached hydrogens (tertiary/aromatic N) is 2. The number of thioether (sulfide) groups is 1. The van der Waals surface area contributed by atoms with Crippen LogP contribution in [0.5, 0.6) is 0 Å². The predicted molar refractivity (Wildman–Crippen MR) is 96.1 cm³/mol. The van der Waals surface area contributed by atoms with Gasteiger partial charge in [0.2, 0.25) is 5.91 Å². The molecule has 126 valence electrons. The van der Waals surface area contributed by atoms with Crippen molar-refractivity contribution in [3.05, 3.63) is 36.4 Å². The van der Waals surface area contributed by atoms with E-state index in [0.717, 1.165) is 11.0 Å². The lowest BCUT2D eigenvalue weighted by atomic mass is 10.2. The monoisotopic (exact) mass is 345 g/mol. The molecule has 3 aromatic rings. The standard InChI is InChI=1S/C17H19N3O3S/c1-11(24-2)17(22)18-16-10-13(19-20(16)7-8-21)15-9-12-5-3-4-6-14(12)23-15/h3-6,9-11,21H,7-8H2,1-2H3,(H,18,22)/t11-/m0/s1. The van der Waals surface area contributed by atoms with Gasteiger partial charge in [-0.15, -0.1) is 0 Å². The van der Waals surface area contributed by atoms with Crippen LogP contribution in [-0.2, 0) is 11.3 Å². The Hall–Kier alpha value is -2.25. The molecule has 1 aromatic carbocycles. The number of fused-ring (bicyclic) bond motifs is 1. The zero-order valence-corrected chi connectivity index (χ0v) is 14.3. The number of benzene rings is 1. The number of carbonyl (C=O) groups excluding carboxylic acids is 1. The molecule has 0 aliphatic heterocycles. The number of nitrogens with one attached hydrogen (secondary N) is 1. The van der Waals surface area contributed by atoms with Crippen molar-refractivity contribution in [2.24, 2.45) is 0 Å². The number of hydrogen-bond donors (Lipinski definition) is 2. The van der Waals surface area contributed by atoms with Crippen LogP contribution in [0.1, 0.15) is 6.92 Å². The molecule has 24 heavy (non-hydrogen) atoms. The summed E-state index contributed by atoms with van der Waals surface area (Å²) in [5.41, 5.74) is 1.40. The number of para-hydroxylation sites is 1. The van der Waals surface area contributed by atoms with E-state index in [1.165, 1.54) is 11.8 Å². The van der Waals surface area contributed by atoms with Crippen molar-refractivity contribution >= 4 is 34.5 Å². The molecule has 6 nitrogen and oxygen atoms in total. The second-order valence-corrected chi connectivity index (χ2v) is 6.56. The number of aromatic nitrogens is 2. The molecule has 1 amide bonds. The molecule has 0 spiro atoms. The number of carbonyl (C=O) groups is 1. The molecule has 2 heterocycles. The molecule has 2 aromatic heterocycles. The summed E-state index contributed by atoms with van der Waals surface area (Å²) in [5, 5.41) is 17.4. The summed E-state index contributed by atoms with van der Waals surface area (Å²) in [6.45, 7) is 2.07. The third-order valence-electron chi connectivity index (χ3n) is 3.74. The van der Waals surface area contributed by atoms with Gasteiger partial charge in [0, 0.05) is 11.5 Å². The van der Waals surface area contributed by atoms with Crippen LogP contribution in [0, 0.1) is 0 Å². The smallest absolute Gasteiger partial charge is 0.238 e. The maximum atomic E-state index is 12.1. The molecule has 0 unspecified atom stereocenters. The van der Waals surface area contributed by atoms with E-state index in [4.69, 9.17) is 4.42 Å². The fraction of sp³-hybridized carbons (Fsp3) is 0.294. The Labute approximate surface area is 143 Å². The number of aliphatic hydroxyl groups excluding tert-OH is 1. The van der Waals surface area contributed by atoms with Gasteiger partial charge in [-0.1, -0.05) is 18.2 Å². The van der Waals surface area contributed by atoms with Crippen LogP contribution in [0.3, 0.4) is 0 Å². The number of aliphatic hydroxyl groups is 1. The SMILES string of the molecule is CS[C@@H](C)C(=O)Nc1cc(-c2cc3ccccc3o2)nn1CCO. The van der Waals surface area contributed by atoms with Gasteiger partial charge in [0.15, 0.2) is 5.76 Å². The van der Waals surface area contributed by atoms with E-state index >= 15 is 0 Å². The number of anilines is 1. The Bertz CT molecular complexity index is 823. The highest BCUT2D eigenvalue weighted by Gasteiger charge is 2.17. The molecule has 0 saturated carbocycles. The summed E-state index contributed by atoms with van der Waals surface area (Å²) in [4.78, 5) is 12.1. The van der Waals surface area contributed by atoms with Crippen LogP contribution in [0.4, 0.5) is 5.82 Å². The normalized spacial score (nSPS) is 12.5. The molecule has 7 heteroatoms. The average molecular weight is 345 g/mol. The quantitative estimate of drug-likeness (QED) is 0.718. The van der Waals surface area contributed by atoms with Gasteiger partial charge in [0.05, 0.1) is 18.4 Å². The summed E-state index contributed by atoms with van der Waals surface area (Å²) in [6, 6.07) is 11.4. The van der Waals surface area contributed by atoms with Gasteiger partial charge in [-0.3, -0.25) is 4.79 Å². The molecular formula is C17H19N3O3S. The number of hydrogen-bond acceptors (Lipinski definition) is 5. The molecule has 0 aliphatic carbocycles. The van der Waals surface area contributed by atoms with E-state index in [9.17, 15) is 9.90 Å². The lowest BCUT2D eigenvalue weighted by molar-refractivity contribution is -0.115. The summed E-state index contributed by atoms with van der Waals surface area (Å²) in [7, 11) is 0. The fourth-order valence-corrected chi connectivity index (χ4v) is 2.62. The molecule has 3 rings (SSSR count). The Morgan fingerprint density at radius 2 is 2.21 bits per heavy atom. The molecule has 0 aliphatic rings. The van der Waals surface area contributed by atoms with Gasteiger partial charge in [-0.25, -0.2) is 4.68 Å². The highest BCUT2D eigenvalue weighted by atomic mass is 32.2. The lowest BCUT2D eigenvalue weighted by Gasteiger charge is -2.10. The minimum Gasteiger partial charge on any atom is -0.454 e. The summed E-state index contributed by atoms with van der Waals surface area (Å²) < 4.78 is 7.40. The van der Waals surface area contributed by atoms with Crippen molar-refractivity contribution in [2.45, 2.75) is 18.7 Å². The van der Waals surface area contributed by atoms with Crippen molar-refractivity contribution in [3.8, 4) is 11.5 Å². The van der Waals surface area contributed by atoms with Crippen LogP contribution in [0.2, 0.25) is 0 Å². The molecule has 1 atom stereocenters. The minimum absolute atomic E-state index is 0.0673. The lowest BCUT2D eigenvalue weighted by Crippen LogP contribution is -2.24. The number of furan rings is 1. The summed E-state index contributed by atoms with van der Waals surface area (Å²) in [6.07, 6.45) is 1.88. The first-order valence-corrected chi connectivity index (χ1v) is 8.92. The first kappa shape index (κ1) is 16.6. The fourth-order valence-electron chi connectivity index (χ4n) is 2.35. The molecule has 0 radical (unpaired) electrons. The molecule has 0 saturated heterocycles. The Morgan fingerprint density at radius 3 is 2.92 bits per heavy atom. The molecule has 2 N–H and O–H groups in total. The van der Waals surface area contributed by atoms with Gasteiger partial charge in [0.1, 0.15) is 17.1 Å². The van der Waals surface area contributed by atoms with Crippen LogP contribution < -0.4 is 5.32 Å². The Balaban J connectivity index is 1.94. The topological polar surface area (TPSA) is 80.3 Å². The second-order valence-electron chi connectivity index (χ2n) is 5.38. The van der Waals surface area contributed by atoms with Gasteiger partial charge in [-0.2, -0.15) is 16.9 Å². The van der Waals surface area contributed by atoms with Crippen molar-refractivity contribution in [2.75, 3.05) is 18.2 Å². The zero-order valence-electron chi connectivity index (χ0n) is 13.5. The average Bonchev–Trinajstić information content (AvgIpc) is 3.18. The molecule has 0 bridgehead atoms. The zero-order chi connectivity index (χ0) is 17.1. The van der Waals surface area contributed by atoms with Crippen LogP contribution in [0.25, 0.3) is 22.4 Å². The predicted octanol–water partition coefficient (Wildman–Crippen LogP) is 2.98. The highest BCUT2D eigenvalue weighted by Crippen LogP contribution is 2.28. The van der Waals surface area contributed by atoms with Crippen LogP contribution >= 0.6 is 11.8 Å². The van der Waals surface area contributed by atoms with E-state index in [-0.39, 0.29) is 17.8 Å². The van der Waals surface area contributed by atoms with E-state index in [0.29, 0.717) is 23.8 Å². The third kappa shape index (κ3) is 3.32. The molecule has 0 fully saturated rings. The van der Waals surface area contributed by atoms with Crippen LogP contribution in [-0.4, -0.2) is 38.9 Å². The summed E-state index contributed by atoms with van der Waals surface area (Å²) in [5.74, 6) is 1.07. The Morgan fingerprint density at radius 1 is 1.42 bits per heavy atom. The van der Waals surface area contributed by atoms with E-state index in [1.807, 2.05) is 43.5 Å². The van der Waals surface area contributed by atoms with Gasteiger partial charge < -0.3 is 14.8 Å². The van der Waals surface area contributed by atoms with Crippen molar-refractivity contribution in [1.82, 2.24) is 9.78 Å². The third-order valence-corrected chi connectivity index (χ3v) is 4.66. The highest BCUT2D eigenvalue weighted by molar-refractivity contribution is 7.99. The van der Waals surface area contributed by atoms with E-state index in [2.05, 4.69) is 10.4 Å². The number of amides is 1. The van der Waals surface area contributed by atoms with E-state index < -0.39 is 0 Å². The molecular weight excluding hydrogens is 326 g/mol. The van der Waals surface area contributed by atoms with E-state index in [1.54, 1.807) is 10.7 Å². The number of rotatable bonds is 6. The maximum Gasteiger partial charge on any atom is 0.238 e. The van der Waals surface area contributed by atoms with Crippen molar-refractivity contribution in [1.29, 1.82) is 0 Å². The van der Waals surface area contributed by atoms with Gasteiger partial charge in [-0.05, 0) is 25.3 Å². The maximum absolute atomic E-state index is 12.1. The van der Waals surface area contributed by atoms with Gasteiger partial charge >= 0.3 is 0 Å². The Kier molecular flexibility index (Phi) is 4.92. The first-order chi connectivity index (χ1) is 11.6. The largest absolute Gasteiger partial charge is 0.454 e. The van der Waals surface area contributed by atoms with Crippen molar-refractivity contribution < 1.29 is 14.3 Å². The van der Waals surface area contributed by atoms with Gasteiger partial charge in [0.25, 0.3) is 0 Å². The second kappa shape index (κ2) is 7.11.